The van der Waals surface area contributed by atoms with Gasteiger partial charge in [0.25, 0.3) is 5.91 Å². The van der Waals surface area contributed by atoms with E-state index >= 15 is 0 Å². The van der Waals surface area contributed by atoms with E-state index in [1.165, 1.54) is 0 Å². The number of aromatic nitrogens is 2. The van der Waals surface area contributed by atoms with Gasteiger partial charge in [-0.3, -0.25) is 4.79 Å². The second kappa shape index (κ2) is 6.33. The Kier molecular flexibility index (Phi) is 4.26. The van der Waals surface area contributed by atoms with E-state index in [9.17, 15) is 4.79 Å². The Morgan fingerprint density at radius 1 is 1.27 bits per heavy atom. The molecular formula is C14H9BrClN5O. The molecule has 1 aromatic carbocycles. The highest BCUT2D eigenvalue weighted by Gasteiger charge is 2.33. The number of benzene rings is 1. The van der Waals surface area contributed by atoms with Crippen LogP contribution >= 0.6 is 27.5 Å². The van der Waals surface area contributed by atoms with Crippen molar-refractivity contribution >= 4 is 45.5 Å². The molecule has 8 heteroatoms. The molecule has 1 atom stereocenters. The van der Waals surface area contributed by atoms with Gasteiger partial charge < -0.3 is 0 Å². The van der Waals surface area contributed by atoms with Crippen LogP contribution in [0.1, 0.15) is 17.2 Å². The van der Waals surface area contributed by atoms with Gasteiger partial charge in [0.05, 0.1) is 5.69 Å². The van der Waals surface area contributed by atoms with Crippen molar-refractivity contribution in [2.24, 2.45) is 10.1 Å². The van der Waals surface area contributed by atoms with E-state index in [0.29, 0.717) is 11.5 Å². The Morgan fingerprint density at radius 2 is 2.14 bits per heavy atom. The lowest BCUT2D eigenvalue weighted by molar-refractivity contribution is -0.120. The van der Waals surface area contributed by atoms with E-state index in [1.807, 2.05) is 24.3 Å². The zero-order valence-corrected chi connectivity index (χ0v) is 13.4. The normalized spacial score (nSPS) is 17.6. The van der Waals surface area contributed by atoms with Crippen molar-refractivity contribution in [2.75, 3.05) is 0 Å². The first-order valence-electron chi connectivity index (χ1n) is 6.30. The van der Waals surface area contributed by atoms with E-state index in [2.05, 4.69) is 41.6 Å². The summed E-state index contributed by atoms with van der Waals surface area (Å²) in [6.45, 7) is 0. The van der Waals surface area contributed by atoms with Crippen molar-refractivity contribution in [3.8, 4) is 0 Å². The third-order valence-corrected chi connectivity index (χ3v) is 3.64. The lowest BCUT2D eigenvalue weighted by atomic mass is 10.0. The van der Waals surface area contributed by atoms with Gasteiger partial charge in [-0.1, -0.05) is 39.7 Å². The molecule has 0 bridgehead atoms. The molecule has 0 radical (unpaired) electrons. The highest BCUT2D eigenvalue weighted by atomic mass is 79.9. The minimum Gasteiger partial charge on any atom is -0.272 e. The van der Waals surface area contributed by atoms with E-state index in [-0.39, 0.29) is 11.1 Å². The molecule has 0 fully saturated rings. The van der Waals surface area contributed by atoms with Crippen LogP contribution in [0.3, 0.4) is 0 Å². The van der Waals surface area contributed by atoms with Crippen LogP contribution < -0.4 is 5.43 Å². The summed E-state index contributed by atoms with van der Waals surface area (Å²) in [5, 5.41) is 11.9. The average Bonchev–Trinajstić information content (AvgIpc) is 2.87. The molecule has 1 aromatic heterocycles. The highest BCUT2D eigenvalue weighted by molar-refractivity contribution is 9.10. The number of hydrogen-bond acceptors (Lipinski definition) is 5. The smallest absolute Gasteiger partial charge is 0.257 e. The molecule has 6 nitrogen and oxygen atoms in total. The van der Waals surface area contributed by atoms with Gasteiger partial charge in [-0.25, -0.2) is 10.4 Å². The Hall–Kier alpha value is -2.12. The first kappa shape index (κ1) is 14.8. The molecule has 110 valence electrons. The summed E-state index contributed by atoms with van der Waals surface area (Å²) in [6.07, 6.45) is 1.64. The SMILES string of the molecule is O=C1NN=C(N=Cc2cccc(Br)c2)C1c1ccc(Cl)nn1. The Morgan fingerprint density at radius 3 is 2.86 bits per heavy atom. The molecule has 0 aliphatic carbocycles. The Balaban J connectivity index is 1.86. The summed E-state index contributed by atoms with van der Waals surface area (Å²) < 4.78 is 0.944. The maximum absolute atomic E-state index is 11.9. The number of nitrogens with one attached hydrogen (secondary N) is 1. The third-order valence-electron chi connectivity index (χ3n) is 2.94. The molecular weight excluding hydrogens is 370 g/mol. The van der Waals surface area contributed by atoms with Crippen LogP contribution in [0.25, 0.3) is 0 Å². The molecule has 2 heterocycles. The average molecular weight is 379 g/mol. The van der Waals surface area contributed by atoms with E-state index < -0.39 is 5.92 Å². The van der Waals surface area contributed by atoms with Gasteiger partial charge >= 0.3 is 0 Å². The first-order valence-corrected chi connectivity index (χ1v) is 7.47. The van der Waals surface area contributed by atoms with Crippen molar-refractivity contribution in [3.05, 3.63) is 57.3 Å². The number of halogens is 2. The van der Waals surface area contributed by atoms with Crippen LogP contribution in [-0.2, 0) is 4.79 Å². The number of amidine groups is 1. The maximum atomic E-state index is 11.9. The number of nitrogens with zero attached hydrogens (tertiary/aromatic N) is 4. The monoisotopic (exact) mass is 377 g/mol. The minimum absolute atomic E-state index is 0.262. The molecule has 1 N–H and O–H groups in total. The number of carbonyl (C=O) groups excluding carboxylic acids is 1. The molecule has 22 heavy (non-hydrogen) atoms. The predicted molar refractivity (Wildman–Crippen MR) is 87.1 cm³/mol. The molecule has 1 amide bonds. The summed E-state index contributed by atoms with van der Waals surface area (Å²) in [6, 6.07) is 10.8. The summed E-state index contributed by atoms with van der Waals surface area (Å²) in [4.78, 5) is 16.2. The van der Waals surface area contributed by atoms with E-state index in [0.717, 1.165) is 10.0 Å². The summed E-state index contributed by atoms with van der Waals surface area (Å²) in [7, 11) is 0. The summed E-state index contributed by atoms with van der Waals surface area (Å²) >= 11 is 9.10. The second-order valence-corrected chi connectivity index (χ2v) is 5.78. The quantitative estimate of drug-likeness (QED) is 0.816. The van der Waals surface area contributed by atoms with Crippen LogP contribution in [-0.4, -0.2) is 28.2 Å². The lowest BCUT2D eigenvalue weighted by Crippen LogP contribution is -2.22. The molecule has 0 spiro atoms. The number of amides is 1. The molecule has 1 aliphatic rings. The number of rotatable bonds is 2. The Labute approximate surface area is 139 Å². The van der Waals surface area contributed by atoms with Gasteiger partial charge in [-0.2, -0.15) is 10.2 Å². The Bertz CT molecular complexity index is 775. The number of aliphatic imine (C=N–C) groups is 1. The van der Waals surface area contributed by atoms with Crippen LogP contribution in [0.2, 0.25) is 5.15 Å². The number of carbonyl (C=O) groups is 1. The number of hydrogen-bond donors (Lipinski definition) is 1. The summed E-state index contributed by atoms with van der Waals surface area (Å²) in [5.74, 6) is -0.646. The highest BCUT2D eigenvalue weighted by Crippen LogP contribution is 2.21. The van der Waals surface area contributed by atoms with Gasteiger partial charge in [0.2, 0.25) is 0 Å². The molecule has 3 rings (SSSR count). The van der Waals surface area contributed by atoms with Crippen molar-refractivity contribution in [1.82, 2.24) is 15.6 Å². The number of hydrazone groups is 1. The fourth-order valence-corrected chi connectivity index (χ4v) is 2.45. The molecule has 2 aromatic rings. The van der Waals surface area contributed by atoms with Gasteiger partial charge in [0.1, 0.15) is 5.92 Å². The van der Waals surface area contributed by atoms with Gasteiger partial charge in [0.15, 0.2) is 11.0 Å². The zero-order chi connectivity index (χ0) is 15.5. The first-order chi connectivity index (χ1) is 10.6. The minimum atomic E-state index is -0.687. The fraction of sp³-hybridized carbons (Fsp3) is 0.0714. The van der Waals surface area contributed by atoms with Crippen molar-refractivity contribution in [3.63, 3.8) is 0 Å². The topological polar surface area (TPSA) is 79.6 Å². The lowest BCUT2D eigenvalue weighted by Gasteiger charge is -2.05. The zero-order valence-electron chi connectivity index (χ0n) is 11.1. The van der Waals surface area contributed by atoms with Gasteiger partial charge in [0, 0.05) is 10.7 Å². The van der Waals surface area contributed by atoms with Gasteiger partial charge in [-0.05, 0) is 29.8 Å². The second-order valence-electron chi connectivity index (χ2n) is 4.47. The molecule has 0 saturated heterocycles. The van der Waals surface area contributed by atoms with Crippen molar-refractivity contribution in [1.29, 1.82) is 0 Å². The standard InChI is InChI=1S/C14H9BrClN5O/c15-9-3-1-2-8(6-9)7-17-13-12(14(22)21-20-13)10-4-5-11(16)19-18-10/h1-7,12H,(H,21,22). The van der Waals surface area contributed by atoms with Crippen LogP contribution in [0.5, 0.6) is 0 Å². The third kappa shape index (κ3) is 3.20. The van der Waals surface area contributed by atoms with Crippen LogP contribution in [0.15, 0.2) is 51.0 Å². The molecule has 1 aliphatic heterocycles. The van der Waals surface area contributed by atoms with Crippen molar-refractivity contribution < 1.29 is 4.79 Å². The largest absolute Gasteiger partial charge is 0.272 e. The van der Waals surface area contributed by atoms with Crippen LogP contribution in [0.4, 0.5) is 0 Å². The van der Waals surface area contributed by atoms with Gasteiger partial charge in [-0.15, -0.1) is 5.10 Å². The molecule has 1 unspecified atom stereocenters. The predicted octanol–water partition coefficient (Wildman–Crippen LogP) is 2.54. The maximum Gasteiger partial charge on any atom is 0.257 e. The fourth-order valence-electron chi connectivity index (χ4n) is 1.94. The van der Waals surface area contributed by atoms with Crippen LogP contribution in [0, 0.1) is 0 Å². The summed E-state index contributed by atoms with van der Waals surface area (Å²) in [5.41, 5.74) is 3.74. The molecule has 0 saturated carbocycles. The van der Waals surface area contributed by atoms with E-state index in [4.69, 9.17) is 11.6 Å². The van der Waals surface area contributed by atoms with E-state index in [1.54, 1.807) is 18.3 Å². The van der Waals surface area contributed by atoms with Crippen molar-refractivity contribution in [2.45, 2.75) is 5.92 Å².